The number of nitrogens with one attached hydrogen (secondary N) is 1. The predicted octanol–water partition coefficient (Wildman–Crippen LogP) is 2.22. The predicted molar refractivity (Wildman–Crippen MR) is 68.6 cm³/mol. The number of benzene rings is 1. The SMILES string of the molecule is CSC[C@@](C)(O)CNc1cccc(F)c1C#N. The zero-order valence-electron chi connectivity index (χ0n) is 9.83. The average Bonchev–Trinajstić information content (AvgIpc) is 2.26. The van der Waals surface area contributed by atoms with Gasteiger partial charge in [-0.25, -0.2) is 4.39 Å². The molecule has 0 aliphatic heterocycles. The van der Waals surface area contributed by atoms with E-state index in [0.29, 0.717) is 11.4 Å². The summed E-state index contributed by atoms with van der Waals surface area (Å²) in [5.74, 6) is 0.0130. The van der Waals surface area contributed by atoms with Gasteiger partial charge in [0.25, 0.3) is 0 Å². The molecule has 0 heterocycles. The monoisotopic (exact) mass is 254 g/mol. The van der Waals surface area contributed by atoms with Crippen molar-refractivity contribution in [3.05, 3.63) is 29.6 Å². The molecular weight excluding hydrogens is 239 g/mol. The van der Waals surface area contributed by atoms with Gasteiger partial charge < -0.3 is 10.4 Å². The molecule has 17 heavy (non-hydrogen) atoms. The van der Waals surface area contributed by atoms with E-state index < -0.39 is 11.4 Å². The highest BCUT2D eigenvalue weighted by Crippen LogP contribution is 2.19. The number of nitriles is 1. The molecule has 0 aliphatic rings. The minimum Gasteiger partial charge on any atom is -0.387 e. The summed E-state index contributed by atoms with van der Waals surface area (Å²) < 4.78 is 13.3. The Morgan fingerprint density at radius 3 is 2.88 bits per heavy atom. The van der Waals surface area contributed by atoms with Crippen LogP contribution in [0.5, 0.6) is 0 Å². The van der Waals surface area contributed by atoms with E-state index in [1.165, 1.54) is 23.9 Å². The van der Waals surface area contributed by atoms with Gasteiger partial charge in [0.05, 0.1) is 11.3 Å². The summed E-state index contributed by atoms with van der Waals surface area (Å²) in [6, 6.07) is 6.20. The maximum atomic E-state index is 13.3. The zero-order chi connectivity index (χ0) is 12.9. The van der Waals surface area contributed by atoms with E-state index in [0.717, 1.165) is 0 Å². The maximum absolute atomic E-state index is 13.3. The summed E-state index contributed by atoms with van der Waals surface area (Å²) in [5.41, 5.74) is -0.500. The first-order valence-electron chi connectivity index (χ1n) is 5.14. The third-order valence-corrected chi connectivity index (χ3v) is 3.15. The Morgan fingerprint density at radius 2 is 2.29 bits per heavy atom. The zero-order valence-corrected chi connectivity index (χ0v) is 10.6. The van der Waals surface area contributed by atoms with Gasteiger partial charge >= 0.3 is 0 Å². The molecule has 0 amide bonds. The second kappa shape index (κ2) is 5.89. The van der Waals surface area contributed by atoms with Crippen molar-refractivity contribution in [1.82, 2.24) is 0 Å². The van der Waals surface area contributed by atoms with Crippen LogP contribution >= 0.6 is 11.8 Å². The van der Waals surface area contributed by atoms with Crippen LogP contribution in [0, 0.1) is 17.1 Å². The fourth-order valence-electron chi connectivity index (χ4n) is 1.43. The van der Waals surface area contributed by atoms with Gasteiger partial charge in [0.1, 0.15) is 17.4 Å². The summed E-state index contributed by atoms with van der Waals surface area (Å²) in [5, 5.41) is 21.7. The highest BCUT2D eigenvalue weighted by Gasteiger charge is 2.20. The van der Waals surface area contributed by atoms with Crippen LogP contribution in [0.4, 0.5) is 10.1 Å². The van der Waals surface area contributed by atoms with Crippen LogP contribution in [0.25, 0.3) is 0 Å². The molecule has 3 nitrogen and oxygen atoms in total. The summed E-state index contributed by atoms with van der Waals surface area (Å²) in [6.45, 7) is 1.97. The number of rotatable bonds is 5. The molecule has 0 spiro atoms. The normalized spacial score (nSPS) is 13.8. The molecule has 1 aromatic carbocycles. The Balaban J connectivity index is 2.77. The van der Waals surface area contributed by atoms with Gasteiger partial charge in [-0.3, -0.25) is 0 Å². The lowest BCUT2D eigenvalue weighted by molar-refractivity contribution is 0.0997. The molecule has 5 heteroatoms. The van der Waals surface area contributed by atoms with Gasteiger partial charge in [0.2, 0.25) is 0 Å². The number of anilines is 1. The van der Waals surface area contributed by atoms with Gasteiger partial charge in [-0.15, -0.1) is 0 Å². The fraction of sp³-hybridized carbons (Fsp3) is 0.417. The molecule has 0 unspecified atom stereocenters. The molecule has 2 N–H and O–H groups in total. The third-order valence-electron chi connectivity index (χ3n) is 2.24. The van der Waals surface area contributed by atoms with E-state index in [-0.39, 0.29) is 12.1 Å². The van der Waals surface area contributed by atoms with Gasteiger partial charge in [-0.1, -0.05) is 6.07 Å². The number of hydrogen-bond acceptors (Lipinski definition) is 4. The Bertz CT molecular complexity index is 429. The molecule has 0 bridgehead atoms. The first kappa shape index (κ1) is 13.8. The Labute approximate surface area is 105 Å². The lowest BCUT2D eigenvalue weighted by Crippen LogP contribution is -2.36. The molecule has 1 aromatic rings. The summed E-state index contributed by atoms with van der Waals surface area (Å²) in [7, 11) is 0. The van der Waals surface area contributed by atoms with E-state index in [2.05, 4.69) is 5.32 Å². The highest BCUT2D eigenvalue weighted by molar-refractivity contribution is 7.98. The van der Waals surface area contributed by atoms with Crippen molar-refractivity contribution in [2.45, 2.75) is 12.5 Å². The topological polar surface area (TPSA) is 56.0 Å². The number of hydrogen-bond donors (Lipinski definition) is 2. The van der Waals surface area contributed by atoms with Crippen molar-refractivity contribution in [2.75, 3.05) is 23.9 Å². The molecular formula is C12H15FN2OS. The van der Waals surface area contributed by atoms with Crippen LogP contribution in [0.1, 0.15) is 12.5 Å². The molecule has 0 aliphatic carbocycles. The first-order valence-corrected chi connectivity index (χ1v) is 6.53. The Hall–Kier alpha value is -1.25. The van der Waals surface area contributed by atoms with Crippen molar-refractivity contribution < 1.29 is 9.50 Å². The van der Waals surface area contributed by atoms with Crippen LogP contribution in [0.2, 0.25) is 0 Å². The lowest BCUT2D eigenvalue weighted by atomic mass is 10.1. The Kier molecular flexibility index (Phi) is 4.79. The van der Waals surface area contributed by atoms with Crippen LogP contribution in [-0.4, -0.2) is 29.3 Å². The van der Waals surface area contributed by atoms with Crippen LogP contribution in [0.15, 0.2) is 18.2 Å². The van der Waals surface area contributed by atoms with E-state index >= 15 is 0 Å². The van der Waals surface area contributed by atoms with Gasteiger partial charge in [0.15, 0.2) is 0 Å². The summed E-state index contributed by atoms with van der Waals surface area (Å²) >= 11 is 1.53. The molecule has 0 fully saturated rings. The van der Waals surface area contributed by atoms with Gasteiger partial charge in [-0.2, -0.15) is 17.0 Å². The van der Waals surface area contributed by atoms with Crippen LogP contribution in [0.3, 0.4) is 0 Å². The van der Waals surface area contributed by atoms with Crippen LogP contribution in [-0.2, 0) is 0 Å². The van der Waals surface area contributed by atoms with Crippen molar-refractivity contribution >= 4 is 17.4 Å². The molecule has 0 saturated carbocycles. The van der Waals surface area contributed by atoms with Gasteiger partial charge in [0, 0.05) is 12.3 Å². The smallest absolute Gasteiger partial charge is 0.143 e. The Morgan fingerprint density at radius 1 is 1.59 bits per heavy atom. The second-order valence-corrected chi connectivity index (χ2v) is 4.92. The number of aliphatic hydroxyl groups is 1. The van der Waals surface area contributed by atoms with E-state index in [9.17, 15) is 9.50 Å². The van der Waals surface area contributed by atoms with Crippen molar-refractivity contribution in [3.8, 4) is 6.07 Å². The standard InChI is InChI=1S/C12H15FN2OS/c1-12(16,8-17-2)7-15-11-5-3-4-10(13)9(11)6-14/h3-5,15-16H,7-8H2,1-2H3/t12-/m0/s1. The minimum absolute atomic E-state index is 0.0209. The molecule has 0 saturated heterocycles. The van der Waals surface area contributed by atoms with Crippen molar-refractivity contribution in [3.63, 3.8) is 0 Å². The van der Waals surface area contributed by atoms with Crippen molar-refractivity contribution in [1.29, 1.82) is 5.26 Å². The third kappa shape index (κ3) is 3.91. The van der Waals surface area contributed by atoms with E-state index in [1.807, 2.05) is 12.3 Å². The van der Waals surface area contributed by atoms with E-state index in [4.69, 9.17) is 5.26 Å². The molecule has 1 rings (SSSR count). The van der Waals surface area contributed by atoms with E-state index in [1.54, 1.807) is 13.0 Å². The van der Waals surface area contributed by atoms with Crippen molar-refractivity contribution in [2.24, 2.45) is 0 Å². The second-order valence-electron chi connectivity index (χ2n) is 4.06. The van der Waals surface area contributed by atoms with Crippen LogP contribution < -0.4 is 5.32 Å². The quantitative estimate of drug-likeness (QED) is 0.846. The number of nitrogens with zero attached hydrogens (tertiary/aromatic N) is 1. The average molecular weight is 254 g/mol. The molecule has 1 atom stereocenters. The maximum Gasteiger partial charge on any atom is 0.143 e. The lowest BCUT2D eigenvalue weighted by Gasteiger charge is -2.23. The summed E-state index contributed by atoms with van der Waals surface area (Å²) in [6.07, 6.45) is 1.90. The largest absolute Gasteiger partial charge is 0.387 e. The highest BCUT2D eigenvalue weighted by atomic mass is 32.2. The van der Waals surface area contributed by atoms with Gasteiger partial charge in [-0.05, 0) is 25.3 Å². The molecule has 0 radical (unpaired) electrons. The summed E-state index contributed by atoms with van der Waals surface area (Å²) in [4.78, 5) is 0. The number of thioether (sulfide) groups is 1. The minimum atomic E-state index is -0.890. The number of halogens is 1. The first-order chi connectivity index (χ1) is 8.00. The fourth-order valence-corrected chi connectivity index (χ4v) is 2.16. The molecule has 0 aromatic heterocycles. The molecule has 92 valence electrons.